The van der Waals surface area contributed by atoms with Crippen LogP contribution in [0, 0.1) is 0 Å². The second-order valence-corrected chi connectivity index (χ2v) is 9.42. The number of rotatable bonds is 11. The zero-order valence-electron chi connectivity index (χ0n) is 19.1. The monoisotopic (exact) mass is 548 g/mol. The van der Waals surface area contributed by atoms with Crippen molar-refractivity contribution < 1.29 is 26.9 Å². The topological polar surface area (TPSA) is 103 Å². The first-order valence-corrected chi connectivity index (χ1v) is 12.7. The first kappa shape index (κ1) is 27.1. The Morgan fingerprint density at radius 2 is 1.72 bits per heavy atom. The Kier molecular flexibility index (Phi) is 9.35. The SMILES string of the molecule is C=CCOc1ccc(C(=O)N/N=C/c2cc(Cl)c(OS(=O)(=O)c3ccccc3)c(Cl)c2)cc1OCC. The molecule has 0 unspecified atom stereocenters. The van der Waals surface area contributed by atoms with Crippen molar-refractivity contribution in [3.8, 4) is 17.2 Å². The normalized spacial score (nSPS) is 11.2. The number of hydrogen-bond acceptors (Lipinski definition) is 7. The summed E-state index contributed by atoms with van der Waals surface area (Å²) < 4.78 is 41.1. The van der Waals surface area contributed by atoms with Gasteiger partial charge < -0.3 is 13.7 Å². The Morgan fingerprint density at radius 3 is 2.36 bits per heavy atom. The van der Waals surface area contributed by atoms with E-state index < -0.39 is 16.0 Å². The van der Waals surface area contributed by atoms with Crippen molar-refractivity contribution in [2.24, 2.45) is 5.10 Å². The molecule has 3 aromatic rings. The largest absolute Gasteiger partial charge is 0.490 e. The molecule has 188 valence electrons. The fraction of sp³-hybridized carbons (Fsp3) is 0.120. The number of nitrogens with one attached hydrogen (secondary N) is 1. The quantitative estimate of drug-likeness (QED) is 0.147. The van der Waals surface area contributed by atoms with Gasteiger partial charge in [-0.3, -0.25) is 4.79 Å². The fourth-order valence-electron chi connectivity index (χ4n) is 2.89. The van der Waals surface area contributed by atoms with E-state index in [1.165, 1.54) is 30.5 Å². The molecule has 0 fully saturated rings. The van der Waals surface area contributed by atoms with E-state index in [1.807, 2.05) is 6.92 Å². The maximum absolute atomic E-state index is 12.5. The molecule has 0 bridgehead atoms. The van der Waals surface area contributed by atoms with Crippen LogP contribution < -0.4 is 19.1 Å². The third-order valence-electron chi connectivity index (χ3n) is 4.49. The first-order valence-electron chi connectivity index (χ1n) is 10.6. The van der Waals surface area contributed by atoms with Crippen LogP contribution in [0.25, 0.3) is 0 Å². The number of benzene rings is 3. The average Bonchev–Trinajstić information content (AvgIpc) is 2.86. The van der Waals surface area contributed by atoms with Gasteiger partial charge in [0.15, 0.2) is 17.2 Å². The zero-order valence-corrected chi connectivity index (χ0v) is 21.4. The van der Waals surface area contributed by atoms with E-state index in [0.717, 1.165) is 0 Å². The summed E-state index contributed by atoms with van der Waals surface area (Å²) in [6.07, 6.45) is 2.90. The lowest BCUT2D eigenvalue weighted by Gasteiger charge is -2.12. The lowest BCUT2D eigenvalue weighted by molar-refractivity contribution is 0.0954. The van der Waals surface area contributed by atoms with Crippen LogP contribution in [0.5, 0.6) is 17.2 Å². The number of halogens is 2. The van der Waals surface area contributed by atoms with Gasteiger partial charge in [0.25, 0.3) is 5.91 Å². The molecule has 36 heavy (non-hydrogen) atoms. The molecule has 0 atom stereocenters. The van der Waals surface area contributed by atoms with Gasteiger partial charge >= 0.3 is 10.1 Å². The number of ether oxygens (including phenoxy) is 2. The van der Waals surface area contributed by atoms with E-state index in [2.05, 4.69) is 17.1 Å². The van der Waals surface area contributed by atoms with Crippen molar-refractivity contribution in [2.75, 3.05) is 13.2 Å². The van der Waals surface area contributed by atoms with Gasteiger partial charge in [-0.1, -0.05) is 54.1 Å². The molecule has 3 aromatic carbocycles. The van der Waals surface area contributed by atoms with Crippen LogP contribution in [0.2, 0.25) is 10.0 Å². The van der Waals surface area contributed by atoms with E-state index in [1.54, 1.807) is 42.5 Å². The summed E-state index contributed by atoms with van der Waals surface area (Å²) in [6.45, 7) is 6.11. The van der Waals surface area contributed by atoms with E-state index in [4.69, 9.17) is 36.9 Å². The van der Waals surface area contributed by atoms with Gasteiger partial charge in [0.2, 0.25) is 0 Å². The standard InChI is InChI=1S/C25H22Cl2N2O6S/c1-3-12-34-22-11-10-18(15-23(22)33-4-2)25(30)29-28-16-17-13-20(26)24(21(27)14-17)35-36(31,32)19-8-6-5-7-9-19/h3,5-11,13-16H,1,4,12H2,2H3,(H,29,30)/b28-16+. The summed E-state index contributed by atoms with van der Waals surface area (Å²) in [7, 11) is -4.13. The summed E-state index contributed by atoms with van der Waals surface area (Å²) >= 11 is 12.4. The summed E-state index contributed by atoms with van der Waals surface area (Å²) in [6, 6.07) is 15.1. The third kappa shape index (κ3) is 7.00. The second kappa shape index (κ2) is 12.4. The average molecular weight is 549 g/mol. The summed E-state index contributed by atoms with van der Waals surface area (Å²) in [5.41, 5.74) is 3.10. The summed E-state index contributed by atoms with van der Waals surface area (Å²) in [5.74, 6) is 0.187. The van der Waals surface area contributed by atoms with Crippen molar-refractivity contribution in [1.82, 2.24) is 5.43 Å². The van der Waals surface area contributed by atoms with Crippen LogP contribution >= 0.6 is 23.2 Å². The van der Waals surface area contributed by atoms with Crippen LogP contribution in [0.3, 0.4) is 0 Å². The first-order chi connectivity index (χ1) is 17.2. The molecule has 0 aliphatic heterocycles. The van der Waals surface area contributed by atoms with Crippen molar-refractivity contribution >= 4 is 45.4 Å². The highest BCUT2D eigenvalue weighted by atomic mass is 35.5. The number of carbonyl (C=O) groups excluding carboxylic acids is 1. The molecule has 0 aliphatic rings. The maximum atomic E-state index is 12.5. The molecule has 8 nitrogen and oxygen atoms in total. The van der Waals surface area contributed by atoms with Gasteiger partial charge in [-0.15, -0.1) is 0 Å². The summed E-state index contributed by atoms with van der Waals surface area (Å²) in [4.78, 5) is 12.5. The van der Waals surface area contributed by atoms with Gasteiger partial charge in [-0.25, -0.2) is 5.43 Å². The van der Waals surface area contributed by atoms with Crippen LogP contribution in [-0.4, -0.2) is 33.8 Å². The Morgan fingerprint density at radius 1 is 1.03 bits per heavy atom. The minimum Gasteiger partial charge on any atom is -0.490 e. The third-order valence-corrected chi connectivity index (χ3v) is 6.28. The maximum Gasteiger partial charge on any atom is 0.339 e. The highest BCUT2D eigenvalue weighted by Gasteiger charge is 2.20. The number of hydrogen-bond donors (Lipinski definition) is 1. The Bertz CT molecular complexity index is 1360. The van der Waals surface area contributed by atoms with Gasteiger partial charge in [-0.2, -0.15) is 13.5 Å². The zero-order chi connectivity index (χ0) is 26.1. The van der Waals surface area contributed by atoms with Crippen LogP contribution in [0.1, 0.15) is 22.8 Å². The molecule has 0 saturated carbocycles. The molecule has 0 aliphatic carbocycles. The number of carbonyl (C=O) groups is 1. The lowest BCUT2D eigenvalue weighted by atomic mass is 10.2. The Balaban J connectivity index is 1.71. The smallest absolute Gasteiger partial charge is 0.339 e. The molecule has 1 N–H and O–H groups in total. The van der Waals surface area contributed by atoms with E-state index >= 15 is 0 Å². The fourth-order valence-corrected chi connectivity index (χ4v) is 4.55. The van der Waals surface area contributed by atoms with Gasteiger partial charge in [-0.05, 0) is 55.0 Å². The predicted octanol–water partition coefficient (Wildman–Crippen LogP) is 5.49. The van der Waals surface area contributed by atoms with E-state index in [-0.39, 0.29) is 20.7 Å². The van der Waals surface area contributed by atoms with E-state index in [0.29, 0.717) is 35.8 Å². The molecule has 11 heteroatoms. The lowest BCUT2D eigenvalue weighted by Crippen LogP contribution is -2.17. The van der Waals surface area contributed by atoms with Gasteiger partial charge in [0, 0.05) is 5.56 Å². The van der Waals surface area contributed by atoms with E-state index in [9.17, 15) is 13.2 Å². The minimum atomic E-state index is -4.13. The number of nitrogens with zero attached hydrogens (tertiary/aromatic N) is 1. The Hall–Kier alpha value is -3.53. The van der Waals surface area contributed by atoms with Crippen LogP contribution in [0.15, 0.2) is 83.3 Å². The molecule has 0 aromatic heterocycles. The Labute approximate surface area is 219 Å². The van der Waals surface area contributed by atoms with Crippen molar-refractivity contribution in [3.63, 3.8) is 0 Å². The molecular formula is C25H22Cl2N2O6S. The predicted molar refractivity (Wildman–Crippen MR) is 139 cm³/mol. The summed E-state index contributed by atoms with van der Waals surface area (Å²) in [5, 5.41) is 3.81. The second-order valence-electron chi connectivity index (χ2n) is 7.06. The van der Waals surface area contributed by atoms with Crippen LogP contribution in [0.4, 0.5) is 0 Å². The van der Waals surface area contributed by atoms with Gasteiger partial charge in [0.1, 0.15) is 11.5 Å². The van der Waals surface area contributed by atoms with Crippen molar-refractivity contribution in [3.05, 3.63) is 94.5 Å². The molecular weight excluding hydrogens is 527 g/mol. The highest BCUT2D eigenvalue weighted by molar-refractivity contribution is 7.87. The molecule has 0 spiro atoms. The van der Waals surface area contributed by atoms with Crippen molar-refractivity contribution in [1.29, 1.82) is 0 Å². The molecule has 0 heterocycles. The minimum absolute atomic E-state index is 0.0433. The number of amides is 1. The highest BCUT2D eigenvalue weighted by Crippen LogP contribution is 2.36. The van der Waals surface area contributed by atoms with Crippen LogP contribution in [-0.2, 0) is 10.1 Å². The van der Waals surface area contributed by atoms with Gasteiger partial charge in [0.05, 0.1) is 22.9 Å². The molecule has 0 radical (unpaired) electrons. The molecule has 0 saturated heterocycles. The number of hydrazone groups is 1. The molecule has 1 amide bonds. The van der Waals surface area contributed by atoms with Crippen molar-refractivity contribution in [2.45, 2.75) is 11.8 Å². The molecule has 3 rings (SSSR count).